The van der Waals surface area contributed by atoms with Crippen molar-refractivity contribution >= 4 is 21.9 Å². The first-order valence-corrected chi connectivity index (χ1v) is 18.4. The Labute approximate surface area is 319 Å². The number of nitrogens with zero attached hydrogens (tertiary/aromatic N) is 3. The van der Waals surface area contributed by atoms with Crippen LogP contribution in [0.3, 0.4) is 0 Å². The molecule has 0 radical (unpaired) electrons. The van der Waals surface area contributed by atoms with E-state index in [1.165, 1.54) is 0 Å². The second kappa shape index (κ2) is 13.8. The van der Waals surface area contributed by atoms with Crippen molar-refractivity contribution in [2.75, 3.05) is 0 Å². The summed E-state index contributed by atoms with van der Waals surface area (Å²) in [4.78, 5) is 14.9. The van der Waals surface area contributed by atoms with Gasteiger partial charge in [-0.2, -0.15) is 0 Å². The van der Waals surface area contributed by atoms with Gasteiger partial charge in [0.25, 0.3) is 0 Å². The topological polar surface area (TPSA) is 51.8 Å². The largest absolute Gasteiger partial charge is 0.456 e. The summed E-state index contributed by atoms with van der Waals surface area (Å²) in [5, 5.41) is 2.23. The monoisotopic (exact) mass is 703 g/mol. The highest BCUT2D eigenvalue weighted by Crippen LogP contribution is 2.45. The lowest BCUT2D eigenvalue weighted by Crippen LogP contribution is -2.00. The van der Waals surface area contributed by atoms with E-state index >= 15 is 0 Å². The third-order valence-electron chi connectivity index (χ3n) is 10.2. The van der Waals surface area contributed by atoms with E-state index in [9.17, 15) is 0 Å². The number of rotatable bonds is 7. The highest BCUT2D eigenvalue weighted by molar-refractivity contribution is 6.07. The maximum atomic E-state index is 6.40. The molecule has 0 saturated heterocycles. The van der Waals surface area contributed by atoms with Crippen molar-refractivity contribution in [2.45, 2.75) is 0 Å². The molecule has 10 aromatic rings. The second-order valence-corrected chi connectivity index (χ2v) is 13.6. The number of hydrogen-bond acceptors (Lipinski definition) is 4. The van der Waals surface area contributed by atoms with Gasteiger partial charge >= 0.3 is 0 Å². The first-order chi connectivity index (χ1) is 27.2. The van der Waals surface area contributed by atoms with Crippen molar-refractivity contribution in [3.8, 4) is 78.7 Å². The van der Waals surface area contributed by atoms with Crippen molar-refractivity contribution < 1.29 is 4.42 Å². The molecule has 0 unspecified atom stereocenters. The quantitative estimate of drug-likeness (QED) is 0.166. The minimum atomic E-state index is 0.625. The molecule has 10 rings (SSSR count). The lowest BCUT2D eigenvalue weighted by molar-refractivity contribution is 0.669. The third kappa shape index (κ3) is 6.16. The summed E-state index contributed by atoms with van der Waals surface area (Å²) >= 11 is 0. The number of fused-ring (bicyclic) bond motifs is 3. The minimum absolute atomic E-state index is 0.625. The molecule has 55 heavy (non-hydrogen) atoms. The van der Waals surface area contributed by atoms with E-state index in [0.717, 1.165) is 83.1 Å². The first kappa shape index (κ1) is 32.2. The van der Waals surface area contributed by atoms with Crippen molar-refractivity contribution in [1.29, 1.82) is 0 Å². The molecule has 0 saturated carbocycles. The number of furan rings is 1. The fourth-order valence-corrected chi connectivity index (χ4v) is 7.44. The van der Waals surface area contributed by atoms with Gasteiger partial charge in [0.2, 0.25) is 0 Å². The van der Waals surface area contributed by atoms with E-state index in [1.807, 2.05) is 72.8 Å². The van der Waals surface area contributed by atoms with Crippen molar-refractivity contribution in [3.05, 3.63) is 200 Å². The Balaban J connectivity index is 1.16. The van der Waals surface area contributed by atoms with Crippen LogP contribution in [-0.4, -0.2) is 15.0 Å². The average molecular weight is 704 g/mol. The summed E-state index contributed by atoms with van der Waals surface area (Å²) < 4.78 is 6.40. The molecule has 258 valence electrons. The molecule has 4 nitrogen and oxygen atoms in total. The number of benzene rings is 8. The predicted octanol–water partition coefficient (Wildman–Crippen LogP) is 13.4. The molecule has 2 heterocycles. The molecule has 4 heteroatoms. The van der Waals surface area contributed by atoms with Crippen LogP contribution in [0.25, 0.3) is 101 Å². The highest BCUT2D eigenvalue weighted by atomic mass is 16.3. The van der Waals surface area contributed by atoms with Crippen LogP contribution in [0.5, 0.6) is 0 Å². The first-order valence-electron chi connectivity index (χ1n) is 18.4. The normalized spacial score (nSPS) is 11.3. The van der Waals surface area contributed by atoms with Crippen molar-refractivity contribution in [2.24, 2.45) is 0 Å². The van der Waals surface area contributed by atoms with Gasteiger partial charge in [0, 0.05) is 27.5 Å². The molecule has 0 N–H and O–H groups in total. The Hall–Kier alpha value is -7.43. The standard InChI is InChI=1S/C51H33N3O/c1-5-15-34(16-6-1)41-31-44(48(36-17-7-2-8-18-36)45(32-41)40-29-30-43-42-23-13-14-24-46(42)55-47(43)33-40)35-25-27-39(28-26-35)51-53-49(37-19-9-3-10-20-37)52-50(54-51)38-21-11-4-12-22-38/h1-33H. The van der Waals surface area contributed by atoms with Crippen LogP contribution in [0.4, 0.5) is 0 Å². The molecule has 2 aromatic heterocycles. The molecule has 0 aliphatic heterocycles. The van der Waals surface area contributed by atoms with Crippen LogP contribution in [0.15, 0.2) is 205 Å². The Kier molecular flexibility index (Phi) is 8.12. The van der Waals surface area contributed by atoms with E-state index < -0.39 is 0 Å². The van der Waals surface area contributed by atoms with Crippen LogP contribution in [0, 0.1) is 0 Å². The van der Waals surface area contributed by atoms with Gasteiger partial charge in [0.1, 0.15) is 11.2 Å². The van der Waals surface area contributed by atoms with E-state index in [2.05, 4.69) is 127 Å². The van der Waals surface area contributed by atoms with Crippen LogP contribution in [0.2, 0.25) is 0 Å². The van der Waals surface area contributed by atoms with Crippen LogP contribution < -0.4 is 0 Å². The van der Waals surface area contributed by atoms with Gasteiger partial charge in [-0.15, -0.1) is 0 Å². The van der Waals surface area contributed by atoms with E-state index in [-0.39, 0.29) is 0 Å². The molecule has 0 fully saturated rings. The zero-order valence-electron chi connectivity index (χ0n) is 29.8. The molecule has 0 amide bonds. The zero-order valence-corrected chi connectivity index (χ0v) is 29.8. The van der Waals surface area contributed by atoms with Crippen LogP contribution in [0.1, 0.15) is 0 Å². The van der Waals surface area contributed by atoms with E-state index in [1.54, 1.807) is 0 Å². The Morgan fingerprint density at radius 2 is 0.691 bits per heavy atom. The molecule has 8 aromatic carbocycles. The summed E-state index contributed by atoms with van der Waals surface area (Å²) in [6.07, 6.45) is 0. The maximum absolute atomic E-state index is 6.40. The summed E-state index contributed by atoms with van der Waals surface area (Å²) in [5.74, 6) is 1.91. The molecule has 0 aliphatic rings. The molecule has 0 atom stereocenters. The van der Waals surface area contributed by atoms with E-state index in [4.69, 9.17) is 19.4 Å². The molecule has 0 aliphatic carbocycles. The van der Waals surface area contributed by atoms with Gasteiger partial charge in [0.05, 0.1) is 0 Å². The maximum Gasteiger partial charge on any atom is 0.164 e. The lowest BCUT2D eigenvalue weighted by Gasteiger charge is -2.19. The zero-order chi connectivity index (χ0) is 36.6. The molecular formula is C51H33N3O. The predicted molar refractivity (Wildman–Crippen MR) is 225 cm³/mol. The summed E-state index contributed by atoms with van der Waals surface area (Å²) in [7, 11) is 0. The highest BCUT2D eigenvalue weighted by Gasteiger charge is 2.19. The van der Waals surface area contributed by atoms with Gasteiger partial charge in [-0.3, -0.25) is 0 Å². The van der Waals surface area contributed by atoms with Gasteiger partial charge in [-0.1, -0.05) is 170 Å². The molecule has 0 spiro atoms. The van der Waals surface area contributed by atoms with Crippen molar-refractivity contribution in [1.82, 2.24) is 15.0 Å². The Morgan fingerprint density at radius 3 is 1.27 bits per heavy atom. The summed E-state index contributed by atoms with van der Waals surface area (Å²) in [6.45, 7) is 0. The lowest BCUT2D eigenvalue weighted by atomic mass is 9.84. The minimum Gasteiger partial charge on any atom is -0.456 e. The van der Waals surface area contributed by atoms with E-state index in [0.29, 0.717) is 17.5 Å². The SMILES string of the molecule is c1ccc(-c2cc(-c3ccc(-c4nc(-c5ccccc5)nc(-c5ccccc5)n4)cc3)c(-c3ccccc3)c(-c3ccc4c(c3)oc3ccccc34)c2)cc1. The van der Waals surface area contributed by atoms with Gasteiger partial charge in [-0.05, 0) is 74.8 Å². The van der Waals surface area contributed by atoms with Crippen molar-refractivity contribution in [3.63, 3.8) is 0 Å². The average Bonchev–Trinajstić information content (AvgIpc) is 3.65. The fraction of sp³-hybridized carbons (Fsp3) is 0. The van der Waals surface area contributed by atoms with Crippen LogP contribution in [-0.2, 0) is 0 Å². The second-order valence-electron chi connectivity index (χ2n) is 13.6. The van der Waals surface area contributed by atoms with Gasteiger partial charge < -0.3 is 4.42 Å². The Bertz CT molecular complexity index is 2880. The number of hydrogen-bond donors (Lipinski definition) is 0. The molecular weight excluding hydrogens is 671 g/mol. The third-order valence-corrected chi connectivity index (χ3v) is 10.2. The smallest absolute Gasteiger partial charge is 0.164 e. The molecule has 0 bridgehead atoms. The van der Waals surface area contributed by atoms with Gasteiger partial charge in [0.15, 0.2) is 17.5 Å². The van der Waals surface area contributed by atoms with Crippen LogP contribution >= 0.6 is 0 Å². The number of para-hydroxylation sites is 1. The fourth-order valence-electron chi connectivity index (χ4n) is 7.44. The summed E-state index contributed by atoms with van der Waals surface area (Å²) in [6, 6.07) is 69.5. The van der Waals surface area contributed by atoms with Gasteiger partial charge in [-0.25, -0.2) is 15.0 Å². The summed E-state index contributed by atoms with van der Waals surface area (Å²) in [5.41, 5.74) is 13.6. The Morgan fingerprint density at radius 1 is 0.273 bits per heavy atom. The number of aromatic nitrogens is 3.